The lowest BCUT2D eigenvalue weighted by Crippen LogP contribution is -2.43. The quantitative estimate of drug-likeness (QED) is 0.855. The van der Waals surface area contributed by atoms with Crippen molar-refractivity contribution in [1.82, 2.24) is 5.32 Å². The molecule has 0 saturated carbocycles. The minimum absolute atomic E-state index is 0.147. The van der Waals surface area contributed by atoms with Crippen LogP contribution in [0.1, 0.15) is 21.5 Å². The predicted octanol–water partition coefficient (Wildman–Crippen LogP) is 2.21. The highest BCUT2D eigenvalue weighted by molar-refractivity contribution is 5.97. The molecule has 2 rings (SSSR count). The van der Waals surface area contributed by atoms with Crippen molar-refractivity contribution in [2.24, 2.45) is 0 Å². The van der Waals surface area contributed by atoms with Crippen LogP contribution in [0.4, 0.5) is 4.39 Å². The summed E-state index contributed by atoms with van der Waals surface area (Å²) in [5, 5.41) is 11.3. The number of methoxy groups -OCH3 is 1. The van der Waals surface area contributed by atoms with E-state index in [-0.39, 0.29) is 12.0 Å². The van der Waals surface area contributed by atoms with E-state index in [0.29, 0.717) is 5.56 Å². The van der Waals surface area contributed by atoms with E-state index in [2.05, 4.69) is 5.32 Å². The van der Waals surface area contributed by atoms with Gasteiger partial charge in [0.1, 0.15) is 11.9 Å². The standard InChI is InChI=1S/C18H15FN2O3/c1-24-18(23)16(10-12-6-8-13(11-20)9-7-12)21-17(22)14-4-2-3-5-15(14)19/h2-9,16H,10H2,1H3,(H,21,22)/t16-/m0/s1. The summed E-state index contributed by atoms with van der Waals surface area (Å²) in [6.45, 7) is 0. The second kappa shape index (κ2) is 7.88. The van der Waals surface area contributed by atoms with Gasteiger partial charge in [0.05, 0.1) is 24.3 Å². The molecule has 6 heteroatoms. The molecule has 0 fully saturated rings. The third-order valence-corrected chi connectivity index (χ3v) is 3.43. The second-order valence-corrected chi connectivity index (χ2v) is 5.04. The van der Waals surface area contributed by atoms with E-state index < -0.39 is 23.7 Å². The van der Waals surface area contributed by atoms with Gasteiger partial charge in [0.15, 0.2) is 0 Å². The highest BCUT2D eigenvalue weighted by atomic mass is 19.1. The van der Waals surface area contributed by atoms with Gasteiger partial charge < -0.3 is 10.1 Å². The summed E-state index contributed by atoms with van der Waals surface area (Å²) in [5.74, 6) is -2.00. The molecule has 0 aliphatic carbocycles. The van der Waals surface area contributed by atoms with Gasteiger partial charge in [0.25, 0.3) is 5.91 Å². The highest BCUT2D eigenvalue weighted by Gasteiger charge is 2.23. The smallest absolute Gasteiger partial charge is 0.328 e. The fraction of sp³-hybridized carbons (Fsp3) is 0.167. The number of amides is 1. The Morgan fingerprint density at radius 1 is 1.21 bits per heavy atom. The number of nitrogens with one attached hydrogen (secondary N) is 1. The third kappa shape index (κ3) is 4.17. The normalized spacial score (nSPS) is 11.2. The Balaban J connectivity index is 2.16. The molecule has 24 heavy (non-hydrogen) atoms. The lowest BCUT2D eigenvalue weighted by atomic mass is 10.0. The first-order valence-electron chi connectivity index (χ1n) is 7.17. The van der Waals surface area contributed by atoms with Gasteiger partial charge in [0, 0.05) is 6.42 Å². The predicted molar refractivity (Wildman–Crippen MR) is 84.5 cm³/mol. The number of benzene rings is 2. The minimum atomic E-state index is -0.963. The van der Waals surface area contributed by atoms with E-state index in [1.165, 1.54) is 31.4 Å². The topological polar surface area (TPSA) is 79.2 Å². The summed E-state index contributed by atoms with van der Waals surface area (Å²) in [7, 11) is 1.21. The van der Waals surface area contributed by atoms with Gasteiger partial charge in [0.2, 0.25) is 0 Å². The van der Waals surface area contributed by atoms with Crippen molar-refractivity contribution < 1.29 is 18.7 Å². The average molecular weight is 326 g/mol. The number of ether oxygens (including phenoxy) is 1. The van der Waals surface area contributed by atoms with Gasteiger partial charge >= 0.3 is 5.97 Å². The molecule has 122 valence electrons. The van der Waals surface area contributed by atoms with Gasteiger partial charge in [-0.3, -0.25) is 4.79 Å². The summed E-state index contributed by atoms with van der Waals surface area (Å²) in [6.07, 6.45) is 0.165. The molecule has 1 atom stereocenters. The van der Waals surface area contributed by atoms with Crippen molar-refractivity contribution in [3.8, 4) is 6.07 Å². The molecule has 0 aromatic heterocycles. The number of hydrogen-bond donors (Lipinski definition) is 1. The zero-order valence-corrected chi connectivity index (χ0v) is 13.0. The van der Waals surface area contributed by atoms with Crippen molar-refractivity contribution >= 4 is 11.9 Å². The molecule has 0 saturated heterocycles. The molecule has 0 aliphatic heterocycles. The maximum Gasteiger partial charge on any atom is 0.328 e. The summed E-state index contributed by atoms with van der Waals surface area (Å²) in [6, 6.07) is 13.1. The lowest BCUT2D eigenvalue weighted by molar-refractivity contribution is -0.142. The summed E-state index contributed by atoms with van der Waals surface area (Å²) in [4.78, 5) is 24.1. The Labute approximate surface area is 138 Å². The molecule has 0 spiro atoms. The SMILES string of the molecule is COC(=O)[C@H](Cc1ccc(C#N)cc1)NC(=O)c1ccccc1F. The van der Waals surface area contributed by atoms with E-state index in [0.717, 1.165) is 5.56 Å². The number of nitriles is 1. The number of carbonyl (C=O) groups excluding carboxylic acids is 2. The van der Waals surface area contributed by atoms with Gasteiger partial charge in [-0.05, 0) is 29.8 Å². The number of hydrogen-bond acceptors (Lipinski definition) is 4. The summed E-state index contributed by atoms with van der Waals surface area (Å²) < 4.78 is 18.4. The average Bonchev–Trinajstić information content (AvgIpc) is 2.61. The lowest BCUT2D eigenvalue weighted by Gasteiger charge is -2.17. The van der Waals surface area contributed by atoms with Crippen LogP contribution in [0.3, 0.4) is 0 Å². The Morgan fingerprint density at radius 2 is 1.88 bits per heavy atom. The van der Waals surface area contributed by atoms with Gasteiger partial charge in [-0.1, -0.05) is 24.3 Å². The first-order valence-corrected chi connectivity index (χ1v) is 7.17. The van der Waals surface area contributed by atoms with Crippen LogP contribution in [0.2, 0.25) is 0 Å². The van der Waals surface area contributed by atoms with E-state index >= 15 is 0 Å². The molecule has 0 bridgehead atoms. The largest absolute Gasteiger partial charge is 0.467 e. The molecule has 0 aliphatic rings. The van der Waals surface area contributed by atoms with Crippen molar-refractivity contribution in [1.29, 1.82) is 5.26 Å². The van der Waals surface area contributed by atoms with Crippen LogP contribution in [0, 0.1) is 17.1 Å². The monoisotopic (exact) mass is 326 g/mol. The van der Waals surface area contributed by atoms with Crippen LogP contribution in [0.25, 0.3) is 0 Å². The molecule has 2 aromatic rings. The number of carbonyl (C=O) groups is 2. The Kier molecular flexibility index (Phi) is 5.63. The van der Waals surface area contributed by atoms with Crippen LogP contribution in [-0.2, 0) is 16.0 Å². The van der Waals surface area contributed by atoms with Crippen LogP contribution < -0.4 is 5.32 Å². The zero-order valence-electron chi connectivity index (χ0n) is 13.0. The van der Waals surface area contributed by atoms with Gasteiger partial charge in [-0.25, -0.2) is 9.18 Å². The Morgan fingerprint density at radius 3 is 2.46 bits per heavy atom. The molecule has 1 N–H and O–H groups in total. The zero-order chi connectivity index (χ0) is 17.5. The van der Waals surface area contributed by atoms with Crippen molar-refractivity contribution in [3.05, 3.63) is 71.0 Å². The van der Waals surface area contributed by atoms with Crippen molar-refractivity contribution in [3.63, 3.8) is 0 Å². The molecular weight excluding hydrogens is 311 g/mol. The van der Waals surface area contributed by atoms with Crippen LogP contribution >= 0.6 is 0 Å². The van der Waals surface area contributed by atoms with Crippen molar-refractivity contribution in [2.45, 2.75) is 12.5 Å². The molecule has 0 heterocycles. The maximum absolute atomic E-state index is 13.7. The van der Waals surface area contributed by atoms with Gasteiger partial charge in [-0.2, -0.15) is 5.26 Å². The van der Waals surface area contributed by atoms with E-state index in [1.54, 1.807) is 24.3 Å². The van der Waals surface area contributed by atoms with Crippen LogP contribution in [-0.4, -0.2) is 25.0 Å². The highest BCUT2D eigenvalue weighted by Crippen LogP contribution is 2.10. The number of esters is 1. The maximum atomic E-state index is 13.7. The molecule has 0 unspecified atom stereocenters. The first-order chi connectivity index (χ1) is 11.5. The number of halogens is 1. The van der Waals surface area contributed by atoms with E-state index in [1.807, 2.05) is 6.07 Å². The summed E-state index contributed by atoms with van der Waals surface area (Å²) in [5.41, 5.74) is 1.08. The fourth-order valence-corrected chi connectivity index (χ4v) is 2.17. The van der Waals surface area contributed by atoms with E-state index in [4.69, 9.17) is 10.00 Å². The van der Waals surface area contributed by atoms with Gasteiger partial charge in [-0.15, -0.1) is 0 Å². The fourth-order valence-electron chi connectivity index (χ4n) is 2.17. The molecule has 0 radical (unpaired) electrons. The Hall–Kier alpha value is -3.20. The van der Waals surface area contributed by atoms with E-state index in [9.17, 15) is 14.0 Å². The first kappa shape index (κ1) is 17.2. The molecular formula is C18H15FN2O3. The second-order valence-electron chi connectivity index (χ2n) is 5.04. The summed E-state index contributed by atoms with van der Waals surface area (Å²) >= 11 is 0. The third-order valence-electron chi connectivity index (χ3n) is 3.43. The number of rotatable bonds is 5. The Bertz CT molecular complexity index is 782. The van der Waals surface area contributed by atoms with Crippen LogP contribution in [0.5, 0.6) is 0 Å². The minimum Gasteiger partial charge on any atom is -0.467 e. The number of nitrogens with zero attached hydrogens (tertiary/aromatic N) is 1. The van der Waals surface area contributed by atoms with Crippen LogP contribution in [0.15, 0.2) is 48.5 Å². The molecule has 1 amide bonds. The molecule has 2 aromatic carbocycles. The van der Waals surface area contributed by atoms with Crippen molar-refractivity contribution in [2.75, 3.05) is 7.11 Å². The molecule has 5 nitrogen and oxygen atoms in total.